The van der Waals surface area contributed by atoms with Crippen LogP contribution in [-0.2, 0) is 32.6 Å². The van der Waals surface area contributed by atoms with Crippen molar-refractivity contribution in [1.82, 2.24) is 10.2 Å². The molecule has 44 heavy (non-hydrogen) atoms. The fourth-order valence-electron chi connectivity index (χ4n) is 4.76. The summed E-state index contributed by atoms with van der Waals surface area (Å²) in [5.41, 5.74) is 1.78. The molecule has 0 saturated heterocycles. The largest absolute Gasteiger partial charge is 0.497 e. The van der Waals surface area contributed by atoms with Gasteiger partial charge in [-0.15, -0.1) is 0 Å². The first-order valence-electron chi connectivity index (χ1n) is 14.2. The minimum atomic E-state index is -4.31. The predicted molar refractivity (Wildman–Crippen MR) is 168 cm³/mol. The molecular formula is C34H36FN3O5S. The quantitative estimate of drug-likeness (QED) is 0.223. The molecule has 1 atom stereocenters. The third kappa shape index (κ3) is 8.23. The second kappa shape index (κ2) is 14.7. The van der Waals surface area contributed by atoms with Crippen molar-refractivity contribution >= 4 is 27.5 Å². The molecule has 0 aliphatic carbocycles. The molecule has 0 saturated carbocycles. The molecule has 4 aromatic carbocycles. The Morgan fingerprint density at radius 3 is 2.07 bits per heavy atom. The smallest absolute Gasteiger partial charge is 0.264 e. The molecular weight excluding hydrogens is 581 g/mol. The van der Waals surface area contributed by atoms with E-state index in [1.54, 1.807) is 48.5 Å². The lowest BCUT2D eigenvalue weighted by Crippen LogP contribution is -2.54. The van der Waals surface area contributed by atoms with E-state index in [1.165, 1.54) is 12.0 Å². The highest BCUT2D eigenvalue weighted by Gasteiger charge is 2.34. The maximum atomic E-state index is 14.4. The fraction of sp³-hybridized carbons (Fsp3) is 0.235. The van der Waals surface area contributed by atoms with Crippen molar-refractivity contribution < 1.29 is 27.1 Å². The Kier molecular flexibility index (Phi) is 10.7. The summed E-state index contributed by atoms with van der Waals surface area (Å²) in [4.78, 5) is 29.4. The van der Waals surface area contributed by atoms with Gasteiger partial charge in [0.05, 0.1) is 17.7 Å². The zero-order valence-corrected chi connectivity index (χ0v) is 25.7. The number of halogens is 1. The molecule has 1 N–H and O–H groups in total. The van der Waals surface area contributed by atoms with Crippen molar-refractivity contribution in [3.8, 4) is 5.75 Å². The van der Waals surface area contributed by atoms with Crippen molar-refractivity contribution in [1.29, 1.82) is 0 Å². The van der Waals surface area contributed by atoms with E-state index in [0.717, 1.165) is 34.1 Å². The molecule has 0 unspecified atom stereocenters. The lowest BCUT2D eigenvalue weighted by Gasteiger charge is -2.34. The molecule has 0 aliphatic heterocycles. The molecule has 4 aromatic rings. The number of para-hydroxylation sites is 1. The summed E-state index contributed by atoms with van der Waals surface area (Å²) in [6.45, 7) is 3.07. The molecule has 4 rings (SSSR count). The molecule has 0 fully saturated rings. The van der Waals surface area contributed by atoms with Gasteiger partial charge in [-0.25, -0.2) is 12.8 Å². The number of benzene rings is 4. The van der Waals surface area contributed by atoms with E-state index in [1.807, 2.05) is 50.2 Å². The predicted octanol–water partition coefficient (Wildman–Crippen LogP) is 5.19. The molecule has 0 bridgehead atoms. The third-order valence-corrected chi connectivity index (χ3v) is 8.70. The van der Waals surface area contributed by atoms with Crippen LogP contribution in [0.5, 0.6) is 5.75 Å². The van der Waals surface area contributed by atoms with Crippen LogP contribution in [0, 0.1) is 5.82 Å². The van der Waals surface area contributed by atoms with E-state index in [9.17, 15) is 22.4 Å². The Morgan fingerprint density at radius 2 is 1.45 bits per heavy atom. The maximum absolute atomic E-state index is 14.4. The molecule has 0 radical (unpaired) electrons. The Bertz CT molecular complexity index is 1650. The summed E-state index contributed by atoms with van der Waals surface area (Å²) in [6, 6.07) is 27.9. The minimum Gasteiger partial charge on any atom is -0.497 e. The van der Waals surface area contributed by atoms with Crippen molar-refractivity contribution in [3.05, 3.63) is 126 Å². The molecule has 10 heteroatoms. The highest BCUT2D eigenvalue weighted by Crippen LogP contribution is 2.25. The van der Waals surface area contributed by atoms with E-state index >= 15 is 0 Å². The minimum absolute atomic E-state index is 0.0122. The lowest BCUT2D eigenvalue weighted by molar-refractivity contribution is -0.140. The first-order valence-corrected chi connectivity index (χ1v) is 15.6. The SMILES string of the molecule is COc1cccc(CN(C(=O)CN(c2ccccc2)S(=O)(=O)c2ccc(F)cc2)[C@H](Cc2ccccc2)C(=O)NC(C)C)c1. The van der Waals surface area contributed by atoms with Crippen LogP contribution in [-0.4, -0.2) is 50.9 Å². The van der Waals surface area contributed by atoms with E-state index in [2.05, 4.69) is 5.32 Å². The number of ether oxygens (including phenoxy) is 1. The Balaban J connectivity index is 1.79. The van der Waals surface area contributed by atoms with E-state index < -0.39 is 34.3 Å². The van der Waals surface area contributed by atoms with Crippen LogP contribution in [0.15, 0.2) is 114 Å². The first kappa shape index (κ1) is 32.2. The number of carbonyl (C=O) groups is 2. The Morgan fingerprint density at radius 1 is 0.841 bits per heavy atom. The fourth-order valence-corrected chi connectivity index (χ4v) is 6.17. The number of nitrogens with one attached hydrogen (secondary N) is 1. The number of hydrogen-bond acceptors (Lipinski definition) is 5. The number of hydrogen-bond donors (Lipinski definition) is 1. The topological polar surface area (TPSA) is 96.0 Å². The van der Waals surface area contributed by atoms with Crippen LogP contribution in [0.2, 0.25) is 0 Å². The van der Waals surface area contributed by atoms with Gasteiger partial charge in [0.2, 0.25) is 11.8 Å². The molecule has 0 aliphatic rings. The van der Waals surface area contributed by atoms with Gasteiger partial charge in [-0.3, -0.25) is 13.9 Å². The van der Waals surface area contributed by atoms with Crippen LogP contribution in [0.25, 0.3) is 0 Å². The van der Waals surface area contributed by atoms with Crippen molar-refractivity contribution in [2.75, 3.05) is 18.0 Å². The number of nitrogens with zero attached hydrogens (tertiary/aromatic N) is 2. The van der Waals surface area contributed by atoms with Crippen molar-refractivity contribution in [2.45, 2.75) is 43.8 Å². The number of rotatable bonds is 13. The summed E-state index contributed by atoms with van der Waals surface area (Å²) in [5, 5.41) is 2.93. The van der Waals surface area contributed by atoms with Crippen LogP contribution in [0.1, 0.15) is 25.0 Å². The van der Waals surface area contributed by atoms with E-state index in [-0.39, 0.29) is 35.5 Å². The van der Waals surface area contributed by atoms with Gasteiger partial charge in [-0.05, 0) is 73.5 Å². The number of methoxy groups -OCH3 is 1. The van der Waals surface area contributed by atoms with Gasteiger partial charge in [0.25, 0.3) is 10.0 Å². The molecule has 2 amide bonds. The number of amides is 2. The standard InChI is InChI=1S/C34H36FN3O5S/c1-25(2)36-34(40)32(22-26-11-6-4-7-12-26)37(23-27-13-10-16-30(21-27)43-3)33(39)24-38(29-14-8-5-9-15-29)44(41,42)31-19-17-28(35)18-20-31/h4-21,25,32H,22-24H2,1-3H3,(H,36,40)/t32-/m1/s1. The van der Waals surface area contributed by atoms with Crippen LogP contribution < -0.4 is 14.4 Å². The van der Waals surface area contributed by atoms with Crippen molar-refractivity contribution in [3.63, 3.8) is 0 Å². The summed E-state index contributed by atoms with van der Waals surface area (Å²) in [7, 11) is -2.77. The summed E-state index contributed by atoms with van der Waals surface area (Å²) >= 11 is 0. The highest BCUT2D eigenvalue weighted by molar-refractivity contribution is 7.92. The Labute approximate surface area is 258 Å². The molecule has 230 valence electrons. The maximum Gasteiger partial charge on any atom is 0.264 e. The zero-order chi connectivity index (χ0) is 31.7. The summed E-state index contributed by atoms with van der Waals surface area (Å²) < 4.78 is 47.9. The lowest BCUT2D eigenvalue weighted by atomic mass is 10.0. The van der Waals surface area contributed by atoms with Crippen molar-refractivity contribution in [2.24, 2.45) is 0 Å². The summed E-state index contributed by atoms with van der Waals surface area (Å²) in [6.07, 6.45) is 0.200. The molecule has 0 heterocycles. The molecule has 0 spiro atoms. The van der Waals surface area contributed by atoms with E-state index in [4.69, 9.17) is 4.74 Å². The third-order valence-electron chi connectivity index (χ3n) is 6.91. The summed E-state index contributed by atoms with van der Waals surface area (Å²) in [5.74, 6) is -0.975. The van der Waals surface area contributed by atoms with Crippen LogP contribution in [0.4, 0.5) is 10.1 Å². The average molecular weight is 618 g/mol. The second-order valence-electron chi connectivity index (χ2n) is 10.5. The van der Waals surface area contributed by atoms with Gasteiger partial charge >= 0.3 is 0 Å². The highest BCUT2D eigenvalue weighted by atomic mass is 32.2. The zero-order valence-electron chi connectivity index (χ0n) is 24.9. The van der Waals surface area contributed by atoms with Gasteiger partial charge in [0.1, 0.15) is 24.2 Å². The van der Waals surface area contributed by atoms with Gasteiger partial charge in [-0.2, -0.15) is 0 Å². The Hall–Kier alpha value is -4.70. The monoisotopic (exact) mass is 617 g/mol. The number of sulfonamides is 1. The van der Waals surface area contributed by atoms with Crippen LogP contribution in [0.3, 0.4) is 0 Å². The van der Waals surface area contributed by atoms with Gasteiger partial charge in [0.15, 0.2) is 0 Å². The number of carbonyl (C=O) groups excluding carboxylic acids is 2. The number of anilines is 1. The second-order valence-corrected chi connectivity index (χ2v) is 12.4. The molecule has 0 aromatic heterocycles. The average Bonchev–Trinajstić information content (AvgIpc) is 3.02. The van der Waals surface area contributed by atoms with Gasteiger partial charge in [0, 0.05) is 19.0 Å². The van der Waals surface area contributed by atoms with Gasteiger partial charge in [-0.1, -0.05) is 60.7 Å². The van der Waals surface area contributed by atoms with Crippen LogP contribution >= 0.6 is 0 Å². The van der Waals surface area contributed by atoms with Gasteiger partial charge < -0.3 is 15.0 Å². The normalized spacial score (nSPS) is 11.9. The molecule has 8 nitrogen and oxygen atoms in total. The first-order chi connectivity index (χ1) is 21.1. The van der Waals surface area contributed by atoms with E-state index in [0.29, 0.717) is 11.3 Å².